The molecule has 1 amide bonds. The maximum Gasteiger partial charge on any atom is 0.286 e. The van der Waals surface area contributed by atoms with Gasteiger partial charge >= 0.3 is 0 Å². The van der Waals surface area contributed by atoms with Gasteiger partial charge in [0.25, 0.3) is 5.91 Å². The molecule has 27 heavy (non-hydrogen) atoms. The third-order valence-electron chi connectivity index (χ3n) is 5.73. The Balaban J connectivity index is 1.61. The van der Waals surface area contributed by atoms with Gasteiger partial charge in [0, 0.05) is 18.5 Å². The standard InChI is InChI=1S/C19H22N4O3S/c20-27(25,16-11-21-23-8-3-9-26-19(16)23)22-18(24)17-14-6-1-4-12(14)10-13-5-2-7-15(13)17/h10-11H,1-9H2,(H2,20,22,24,25). The highest BCUT2D eigenvalue weighted by Crippen LogP contribution is 2.36. The fourth-order valence-electron chi connectivity index (χ4n) is 4.54. The molecule has 0 bridgehead atoms. The smallest absolute Gasteiger partial charge is 0.286 e. The molecule has 0 saturated carbocycles. The minimum absolute atomic E-state index is 0.208. The molecule has 8 heteroatoms. The Labute approximate surface area is 158 Å². The number of hydrogen-bond donors (Lipinski definition) is 1. The van der Waals surface area contributed by atoms with Gasteiger partial charge in [-0.15, -0.1) is 4.36 Å². The number of aromatic nitrogens is 2. The van der Waals surface area contributed by atoms with Crippen molar-refractivity contribution in [3.63, 3.8) is 0 Å². The van der Waals surface area contributed by atoms with Crippen LogP contribution in [0.2, 0.25) is 0 Å². The van der Waals surface area contributed by atoms with Gasteiger partial charge in [-0.1, -0.05) is 6.07 Å². The Morgan fingerprint density at radius 3 is 2.56 bits per heavy atom. The maximum atomic E-state index is 13.2. The third kappa shape index (κ3) is 2.70. The van der Waals surface area contributed by atoms with Gasteiger partial charge in [-0.25, -0.2) is 14.0 Å². The monoisotopic (exact) mass is 386 g/mol. The highest BCUT2D eigenvalue weighted by molar-refractivity contribution is 7.91. The van der Waals surface area contributed by atoms with E-state index in [-0.39, 0.29) is 4.90 Å². The van der Waals surface area contributed by atoms with E-state index < -0.39 is 15.8 Å². The second-order valence-corrected chi connectivity index (χ2v) is 9.20. The van der Waals surface area contributed by atoms with Crippen LogP contribution in [-0.4, -0.2) is 26.5 Å². The SMILES string of the molecule is NS(=O)(=NC(=O)c1c2c(cc3c1CCC3)CCC2)c1cnn2c1OCCC2. The zero-order valence-electron chi connectivity index (χ0n) is 15.1. The molecule has 2 heterocycles. The lowest BCUT2D eigenvalue weighted by Crippen LogP contribution is -2.20. The Morgan fingerprint density at radius 2 is 1.85 bits per heavy atom. The quantitative estimate of drug-likeness (QED) is 0.855. The number of nitrogens with two attached hydrogens (primary N) is 1. The van der Waals surface area contributed by atoms with Crippen molar-refractivity contribution in [2.75, 3.05) is 6.61 Å². The molecule has 1 aliphatic heterocycles. The lowest BCUT2D eigenvalue weighted by atomic mass is 9.94. The highest BCUT2D eigenvalue weighted by atomic mass is 32.2. The molecule has 1 aromatic carbocycles. The number of carbonyl (C=O) groups excluding carboxylic acids is 1. The average molecular weight is 386 g/mol. The van der Waals surface area contributed by atoms with Crippen molar-refractivity contribution in [2.45, 2.75) is 56.4 Å². The molecule has 1 atom stereocenters. The van der Waals surface area contributed by atoms with Crippen LogP contribution in [0.5, 0.6) is 5.88 Å². The minimum Gasteiger partial charge on any atom is -0.477 e. The van der Waals surface area contributed by atoms with Gasteiger partial charge in [0.1, 0.15) is 14.8 Å². The first-order valence-electron chi connectivity index (χ1n) is 9.49. The van der Waals surface area contributed by atoms with Gasteiger partial charge in [-0.2, -0.15) is 5.10 Å². The summed E-state index contributed by atoms with van der Waals surface area (Å²) in [5, 5.41) is 10.2. The van der Waals surface area contributed by atoms with E-state index in [1.807, 2.05) is 0 Å². The van der Waals surface area contributed by atoms with Gasteiger partial charge in [0.2, 0.25) is 5.88 Å². The van der Waals surface area contributed by atoms with Crippen molar-refractivity contribution >= 4 is 15.8 Å². The molecular weight excluding hydrogens is 364 g/mol. The fourth-order valence-corrected chi connectivity index (χ4v) is 5.59. The number of fused-ring (bicyclic) bond motifs is 3. The summed E-state index contributed by atoms with van der Waals surface area (Å²) in [5.41, 5.74) is 5.28. The number of carbonyl (C=O) groups is 1. The van der Waals surface area contributed by atoms with Gasteiger partial charge in [-0.05, 0) is 60.8 Å². The summed E-state index contributed by atoms with van der Waals surface area (Å²) >= 11 is 0. The van der Waals surface area contributed by atoms with Gasteiger partial charge in [0.05, 0.1) is 12.8 Å². The molecule has 0 spiro atoms. The largest absolute Gasteiger partial charge is 0.477 e. The van der Waals surface area contributed by atoms with Crippen LogP contribution in [0.25, 0.3) is 0 Å². The third-order valence-corrected chi connectivity index (χ3v) is 7.08. The molecule has 1 unspecified atom stereocenters. The zero-order chi connectivity index (χ0) is 18.6. The summed E-state index contributed by atoms with van der Waals surface area (Å²) in [5.74, 6) is -0.0935. The summed E-state index contributed by atoms with van der Waals surface area (Å²) in [6.07, 6.45) is 8.06. The van der Waals surface area contributed by atoms with E-state index in [0.29, 0.717) is 24.6 Å². The van der Waals surface area contributed by atoms with Crippen LogP contribution >= 0.6 is 0 Å². The lowest BCUT2D eigenvalue weighted by molar-refractivity contribution is 0.100. The van der Waals surface area contributed by atoms with E-state index in [4.69, 9.17) is 9.88 Å². The second-order valence-electron chi connectivity index (χ2n) is 7.44. The Bertz CT molecular complexity index is 1050. The Morgan fingerprint density at radius 1 is 1.15 bits per heavy atom. The molecule has 0 radical (unpaired) electrons. The van der Waals surface area contributed by atoms with Crippen molar-refractivity contribution < 1.29 is 13.7 Å². The van der Waals surface area contributed by atoms with Crippen LogP contribution in [-0.2, 0) is 42.1 Å². The van der Waals surface area contributed by atoms with Gasteiger partial charge in [0.15, 0.2) is 0 Å². The number of rotatable bonds is 2. The van der Waals surface area contributed by atoms with Crippen LogP contribution in [0.4, 0.5) is 0 Å². The number of aryl methyl sites for hydroxylation is 3. The average Bonchev–Trinajstić information content (AvgIpc) is 3.37. The summed E-state index contributed by atoms with van der Waals surface area (Å²) in [7, 11) is -3.42. The van der Waals surface area contributed by atoms with Crippen molar-refractivity contribution in [2.24, 2.45) is 9.50 Å². The summed E-state index contributed by atoms with van der Waals surface area (Å²) < 4.78 is 24.4. The number of ether oxygens (including phenoxy) is 1. The van der Waals surface area contributed by atoms with Gasteiger partial charge in [-0.3, -0.25) is 4.79 Å². The molecule has 0 fully saturated rings. The van der Waals surface area contributed by atoms with Crippen LogP contribution < -0.4 is 9.88 Å². The second kappa shape index (κ2) is 6.17. The number of nitrogens with zero attached hydrogens (tertiary/aromatic N) is 3. The first-order valence-corrected chi connectivity index (χ1v) is 11.1. The number of hydrogen-bond acceptors (Lipinski definition) is 4. The van der Waals surface area contributed by atoms with Crippen LogP contribution in [0.1, 0.15) is 51.9 Å². The molecule has 3 aliphatic rings. The lowest BCUT2D eigenvalue weighted by Gasteiger charge is -2.16. The number of amides is 1. The summed E-state index contributed by atoms with van der Waals surface area (Å²) in [6.45, 7) is 1.19. The molecule has 7 nitrogen and oxygen atoms in total. The highest BCUT2D eigenvalue weighted by Gasteiger charge is 2.29. The molecule has 2 aliphatic carbocycles. The predicted octanol–water partition coefficient (Wildman–Crippen LogP) is 2.18. The van der Waals surface area contributed by atoms with Crippen molar-refractivity contribution in [3.8, 4) is 5.88 Å². The van der Waals surface area contributed by atoms with Crippen LogP contribution in [0.15, 0.2) is 21.5 Å². The van der Waals surface area contributed by atoms with Crippen LogP contribution in [0, 0.1) is 0 Å². The maximum absolute atomic E-state index is 13.2. The molecule has 5 rings (SSSR count). The Kier molecular flexibility index (Phi) is 3.87. The summed E-state index contributed by atoms with van der Waals surface area (Å²) in [4.78, 5) is 13.4. The van der Waals surface area contributed by atoms with Crippen molar-refractivity contribution in [1.82, 2.24) is 9.78 Å². The first-order chi connectivity index (χ1) is 13.0. The summed E-state index contributed by atoms with van der Waals surface area (Å²) in [6, 6.07) is 2.25. The van der Waals surface area contributed by atoms with E-state index >= 15 is 0 Å². The predicted molar refractivity (Wildman–Crippen MR) is 100 cm³/mol. The molecule has 2 aromatic rings. The van der Waals surface area contributed by atoms with Gasteiger partial charge < -0.3 is 4.74 Å². The van der Waals surface area contributed by atoms with Crippen LogP contribution in [0.3, 0.4) is 0 Å². The molecule has 1 aromatic heterocycles. The van der Waals surface area contributed by atoms with Crippen molar-refractivity contribution in [3.05, 3.63) is 40.1 Å². The first kappa shape index (κ1) is 16.9. The van der Waals surface area contributed by atoms with E-state index in [9.17, 15) is 9.00 Å². The molecular formula is C19H22N4O3S. The normalized spacial score (nSPS) is 19.6. The number of benzene rings is 1. The van der Waals surface area contributed by atoms with Crippen molar-refractivity contribution in [1.29, 1.82) is 0 Å². The minimum atomic E-state index is -3.42. The fraction of sp³-hybridized carbons (Fsp3) is 0.474. The Hall–Kier alpha value is -2.19. The van der Waals surface area contributed by atoms with E-state index in [0.717, 1.165) is 56.1 Å². The van der Waals surface area contributed by atoms with E-state index in [1.54, 1.807) is 4.68 Å². The zero-order valence-corrected chi connectivity index (χ0v) is 15.9. The van der Waals surface area contributed by atoms with E-state index in [2.05, 4.69) is 15.5 Å². The molecule has 0 saturated heterocycles. The topological polar surface area (TPSA) is 99.6 Å². The van der Waals surface area contributed by atoms with E-state index in [1.165, 1.54) is 17.3 Å². The molecule has 142 valence electrons. The molecule has 2 N–H and O–H groups in total.